The Balaban J connectivity index is 1.44. The molecule has 176 valence electrons. The fourth-order valence-corrected chi connectivity index (χ4v) is 6.93. The Labute approximate surface area is 190 Å². The van der Waals surface area contributed by atoms with E-state index in [0.29, 0.717) is 30.7 Å². The summed E-state index contributed by atoms with van der Waals surface area (Å²) in [6.45, 7) is 7.24. The van der Waals surface area contributed by atoms with E-state index < -0.39 is 5.60 Å². The summed E-state index contributed by atoms with van der Waals surface area (Å²) in [4.78, 5) is 14.7. The van der Waals surface area contributed by atoms with Crippen LogP contribution >= 0.6 is 0 Å². The minimum absolute atomic E-state index is 0.0526. The van der Waals surface area contributed by atoms with Crippen molar-refractivity contribution in [1.29, 1.82) is 0 Å². The Morgan fingerprint density at radius 1 is 1.38 bits per heavy atom. The molecular formula is C25H36N2O5. The Hall–Kier alpha value is -1.99. The molecule has 0 aromatic heterocycles. The molecule has 2 aliphatic heterocycles. The fourth-order valence-electron chi connectivity index (χ4n) is 6.93. The molecule has 5 atom stereocenters. The summed E-state index contributed by atoms with van der Waals surface area (Å²) in [7, 11) is 3.91. The third-order valence-electron chi connectivity index (χ3n) is 8.06. The molecular weight excluding hydrogens is 408 g/mol. The maximum Gasteiger partial charge on any atom is 0.307 e. The lowest BCUT2D eigenvalue weighted by Gasteiger charge is -2.59. The number of ether oxygens (including phenoxy) is 3. The first kappa shape index (κ1) is 21.8. The standard InChI is InChI=1S/C25H36N2O5/c1-24(2,3)32-20(29)8-10-26-16-7-6-15-17-12-14-19(30-5)13-18(28)22-21(14)25(15,23(16)31-22)9-11-27(17)4/h13,15-17,23,26,28H,6-12H2,1-5H3/t15-,16+,17+,23-,25-/m0/s1. The van der Waals surface area contributed by atoms with Gasteiger partial charge in [-0.05, 0) is 66.0 Å². The number of phenolic OH excluding ortho intramolecular Hbond substituents is 1. The predicted octanol–water partition coefficient (Wildman–Crippen LogP) is 2.76. The average molecular weight is 445 g/mol. The molecule has 4 aliphatic rings. The van der Waals surface area contributed by atoms with Crippen LogP contribution in [0, 0.1) is 5.92 Å². The van der Waals surface area contributed by atoms with Gasteiger partial charge in [-0.2, -0.15) is 0 Å². The lowest BCUT2D eigenvalue weighted by atomic mass is 9.51. The molecule has 32 heavy (non-hydrogen) atoms. The number of benzene rings is 1. The van der Waals surface area contributed by atoms with Crippen molar-refractivity contribution in [2.45, 2.75) is 82.1 Å². The van der Waals surface area contributed by atoms with E-state index in [2.05, 4.69) is 17.3 Å². The maximum atomic E-state index is 12.2. The number of carbonyl (C=O) groups is 1. The van der Waals surface area contributed by atoms with Crippen LogP contribution < -0.4 is 14.8 Å². The van der Waals surface area contributed by atoms with Gasteiger partial charge in [0.2, 0.25) is 0 Å². The number of nitrogens with zero attached hydrogens (tertiary/aromatic N) is 1. The molecule has 0 amide bonds. The van der Waals surface area contributed by atoms with Crippen molar-refractivity contribution in [3.63, 3.8) is 0 Å². The van der Waals surface area contributed by atoms with Crippen molar-refractivity contribution >= 4 is 5.97 Å². The van der Waals surface area contributed by atoms with Crippen LogP contribution in [0.4, 0.5) is 0 Å². The van der Waals surface area contributed by atoms with E-state index in [-0.39, 0.29) is 29.3 Å². The van der Waals surface area contributed by atoms with Gasteiger partial charge in [-0.15, -0.1) is 0 Å². The van der Waals surface area contributed by atoms with E-state index in [1.54, 1.807) is 13.2 Å². The topological polar surface area (TPSA) is 80.3 Å². The Morgan fingerprint density at radius 2 is 2.16 bits per heavy atom. The zero-order valence-corrected chi connectivity index (χ0v) is 19.9. The van der Waals surface area contributed by atoms with Crippen LogP contribution in [0.1, 0.15) is 57.6 Å². The van der Waals surface area contributed by atoms with E-state index >= 15 is 0 Å². The van der Waals surface area contributed by atoms with Gasteiger partial charge in [0.15, 0.2) is 11.5 Å². The first-order valence-corrected chi connectivity index (χ1v) is 11.9. The number of nitrogens with one attached hydrogen (secondary N) is 1. The van der Waals surface area contributed by atoms with Crippen molar-refractivity contribution in [3.05, 3.63) is 17.2 Å². The quantitative estimate of drug-likeness (QED) is 0.676. The van der Waals surface area contributed by atoms with Crippen molar-refractivity contribution in [2.75, 3.05) is 27.2 Å². The van der Waals surface area contributed by atoms with E-state index in [9.17, 15) is 9.90 Å². The summed E-state index contributed by atoms with van der Waals surface area (Å²) in [5.41, 5.74) is 1.80. The van der Waals surface area contributed by atoms with Crippen LogP contribution in [0.5, 0.6) is 17.2 Å². The van der Waals surface area contributed by atoms with E-state index in [1.165, 1.54) is 11.1 Å². The van der Waals surface area contributed by atoms with Gasteiger partial charge >= 0.3 is 5.97 Å². The van der Waals surface area contributed by atoms with E-state index in [0.717, 1.165) is 38.0 Å². The van der Waals surface area contributed by atoms with Crippen LogP contribution in [0.15, 0.2) is 6.07 Å². The molecule has 5 rings (SSSR count). The number of likely N-dealkylation sites (tertiary alicyclic amines) is 1. The van der Waals surface area contributed by atoms with Crippen molar-refractivity contribution in [3.8, 4) is 17.2 Å². The molecule has 1 saturated carbocycles. The summed E-state index contributed by atoms with van der Waals surface area (Å²) in [5.74, 6) is 1.90. The smallest absolute Gasteiger partial charge is 0.307 e. The molecule has 2 N–H and O–H groups in total. The van der Waals surface area contributed by atoms with Gasteiger partial charge in [0.25, 0.3) is 0 Å². The van der Waals surface area contributed by atoms with Crippen molar-refractivity contribution in [2.24, 2.45) is 5.92 Å². The second kappa shape index (κ2) is 7.52. The van der Waals surface area contributed by atoms with Gasteiger partial charge in [0.1, 0.15) is 17.5 Å². The minimum Gasteiger partial charge on any atom is -0.504 e. The largest absolute Gasteiger partial charge is 0.504 e. The Morgan fingerprint density at radius 3 is 2.88 bits per heavy atom. The number of carbonyl (C=O) groups excluding carboxylic acids is 1. The van der Waals surface area contributed by atoms with Gasteiger partial charge in [-0.1, -0.05) is 0 Å². The number of phenols is 1. The summed E-state index contributed by atoms with van der Waals surface area (Å²) in [5, 5.41) is 14.4. The molecule has 0 unspecified atom stereocenters. The molecule has 2 fully saturated rings. The molecule has 2 aliphatic carbocycles. The van der Waals surface area contributed by atoms with Gasteiger partial charge in [0, 0.05) is 41.2 Å². The third-order valence-corrected chi connectivity index (χ3v) is 8.06. The van der Waals surface area contributed by atoms with Crippen LogP contribution in [0.3, 0.4) is 0 Å². The average Bonchev–Trinajstić information content (AvgIpc) is 3.06. The number of methoxy groups -OCH3 is 1. The van der Waals surface area contributed by atoms with Gasteiger partial charge in [-0.3, -0.25) is 4.79 Å². The van der Waals surface area contributed by atoms with Gasteiger partial charge in [-0.25, -0.2) is 0 Å². The molecule has 0 radical (unpaired) electrons. The zero-order chi connectivity index (χ0) is 22.8. The highest BCUT2D eigenvalue weighted by molar-refractivity contribution is 5.70. The van der Waals surface area contributed by atoms with Crippen LogP contribution in [-0.2, 0) is 21.4 Å². The summed E-state index contributed by atoms with van der Waals surface area (Å²) in [6.07, 6.45) is 4.32. The highest BCUT2D eigenvalue weighted by Crippen LogP contribution is 2.65. The van der Waals surface area contributed by atoms with Crippen LogP contribution in [0.25, 0.3) is 0 Å². The molecule has 1 saturated heterocycles. The maximum absolute atomic E-state index is 12.2. The number of aromatic hydroxyl groups is 1. The van der Waals surface area contributed by atoms with E-state index in [1.807, 2.05) is 20.8 Å². The monoisotopic (exact) mass is 444 g/mol. The van der Waals surface area contributed by atoms with Crippen molar-refractivity contribution < 1.29 is 24.1 Å². The highest BCUT2D eigenvalue weighted by Gasteiger charge is 2.65. The van der Waals surface area contributed by atoms with Gasteiger partial charge < -0.3 is 29.5 Å². The molecule has 2 heterocycles. The number of esters is 1. The minimum atomic E-state index is -0.470. The first-order valence-electron chi connectivity index (χ1n) is 11.9. The number of hydrogen-bond acceptors (Lipinski definition) is 7. The second-order valence-electron chi connectivity index (χ2n) is 10.9. The van der Waals surface area contributed by atoms with Crippen LogP contribution in [-0.4, -0.2) is 67.0 Å². The molecule has 2 bridgehead atoms. The lowest BCUT2D eigenvalue weighted by molar-refractivity contribution is -0.154. The van der Waals surface area contributed by atoms with Crippen LogP contribution in [0.2, 0.25) is 0 Å². The molecule has 1 aromatic rings. The fraction of sp³-hybridized carbons (Fsp3) is 0.720. The normalized spacial score (nSPS) is 32.8. The Bertz CT molecular complexity index is 926. The summed E-state index contributed by atoms with van der Waals surface area (Å²) < 4.78 is 17.8. The zero-order valence-electron chi connectivity index (χ0n) is 19.9. The number of rotatable bonds is 5. The Kier molecular flexibility index (Phi) is 5.13. The molecule has 1 aromatic carbocycles. The molecule has 1 spiro atoms. The predicted molar refractivity (Wildman–Crippen MR) is 120 cm³/mol. The second-order valence-corrected chi connectivity index (χ2v) is 10.9. The van der Waals surface area contributed by atoms with Gasteiger partial charge in [0.05, 0.1) is 13.5 Å². The first-order chi connectivity index (χ1) is 15.2. The number of hydrogen-bond donors (Lipinski definition) is 2. The summed E-state index contributed by atoms with van der Waals surface area (Å²) >= 11 is 0. The SMILES string of the molecule is COc1cc(O)c2c3c1C[C@@H]1[C@@H]4CC[C@@H](NCCC(=O)OC(C)(C)C)[C@H](O2)[C@]34CCN1C. The lowest BCUT2D eigenvalue weighted by Crippen LogP contribution is -2.68. The number of likely N-dealkylation sites (N-methyl/N-ethyl adjacent to an activating group) is 1. The van der Waals surface area contributed by atoms with E-state index in [4.69, 9.17) is 14.2 Å². The molecule has 7 heteroatoms. The summed E-state index contributed by atoms with van der Waals surface area (Å²) in [6, 6.07) is 2.29. The number of piperidine rings is 1. The molecule has 7 nitrogen and oxygen atoms in total. The van der Waals surface area contributed by atoms with Crippen molar-refractivity contribution in [1.82, 2.24) is 10.2 Å². The third kappa shape index (κ3) is 3.19. The highest BCUT2D eigenvalue weighted by atomic mass is 16.6.